The van der Waals surface area contributed by atoms with Gasteiger partial charge < -0.3 is 0 Å². The Bertz CT molecular complexity index is 620. The molecule has 20 heavy (non-hydrogen) atoms. The smallest absolute Gasteiger partial charge is 0.214 e. The zero-order chi connectivity index (χ0) is 13.8. The van der Waals surface area contributed by atoms with Gasteiger partial charge in [0.2, 0.25) is 0 Å². The summed E-state index contributed by atoms with van der Waals surface area (Å²) < 4.78 is 1.79. The molecule has 0 spiro atoms. The standard InChI is InChI=1S/C17H17N2O/c20-17-18(13-15-7-3-1-4-8-15)11-12-19(17)14-16-9-5-2-6-10-16/h1-11H,12-14H2/q+1. The van der Waals surface area contributed by atoms with Crippen molar-refractivity contribution in [1.82, 2.24) is 4.90 Å². The highest BCUT2D eigenvalue weighted by Gasteiger charge is 2.31. The number of amides is 2. The molecule has 0 aromatic heterocycles. The lowest BCUT2D eigenvalue weighted by Gasteiger charge is -2.08. The lowest BCUT2D eigenvalue weighted by Crippen LogP contribution is -2.29. The van der Waals surface area contributed by atoms with E-state index in [1.165, 1.54) is 0 Å². The van der Waals surface area contributed by atoms with Crippen molar-refractivity contribution in [3.05, 3.63) is 71.8 Å². The van der Waals surface area contributed by atoms with Crippen molar-refractivity contribution in [2.75, 3.05) is 6.54 Å². The Kier molecular flexibility index (Phi) is 3.59. The predicted octanol–water partition coefficient (Wildman–Crippen LogP) is 2.91. The van der Waals surface area contributed by atoms with Gasteiger partial charge in [0.15, 0.2) is 0 Å². The van der Waals surface area contributed by atoms with Gasteiger partial charge in [-0.2, -0.15) is 9.37 Å². The monoisotopic (exact) mass is 265 g/mol. The Morgan fingerprint density at radius 1 is 0.900 bits per heavy atom. The summed E-state index contributed by atoms with van der Waals surface area (Å²) in [6, 6.07) is 20.2. The van der Waals surface area contributed by atoms with Gasteiger partial charge in [-0.05, 0) is 11.1 Å². The van der Waals surface area contributed by atoms with Crippen LogP contribution in [0.1, 0.15) is 11.1 Å². The van der Waals surface area contributed by atoms with E-state index in [1.54, 1.807) is 4.58 Å². The molecule has 0 unspecified atom stereocenters. The van der Waals surface area contributed by atoms with Crippen LogP contribution in [0.3, 0.4) is 0 Å². The number of carbonyl (C=O) groups excluding carboxylic acids is 1. The van der Waals surface area contributed by atoms with Gasteiger partial charge in [-0.3, -0.25) is 0 Å². The molecule has 2 amide bonds. The summed E-state index contributed by atoms with van der Waals surface area (Å²) in [5.74, 6) is 0. The first-order chi connectivity index (χ1) is 9.83. The predicted molar refractivity (Wildman–Crippen MR) is 78.7 cm³/mol. The van der Waals surface area contributed by atoms with Crippen molar-refractivity contribution >= 4 is 12.2 Å². The SMILES string of the molecule is O=C1N(Cc2ccccc2)CC=[N+]1Cc1ccccc1. The van der Waals surface area contributed by atoms with Crippen LogP contribution < -0.4 is 0 Å². The molecule has 1 heterocycles. The van der Waals surface area contributed by atoms with E-state index < -0.39 is 0 Å². The summed E-state index contributed by atoms with van der Waals surface area (Å²) in [4.78, 5) is 14.2. The van der Waals surface area contributed by atoms with E-state index in [9.17, 15) is 4.79 Å². The fraction of sp³-hybridized carbons (Fsp3) is 0.176. The van der Waals surface area contributed by atoms with E-state index in [4.69, 9.17) is 0 Å². The Hall–Kier alpha value is -2.42. The van der Waals surface area contributed by atoms with Gasteiger partial charge in [-0.1, -0.05) is 60.7 Å². The van der Waals surface area contributed by atoms with Gasteiger partial charge in [0.05, 0.1) is 0 Å². The number of hydrogen-bond donors (Lipinski definition) is 0. The Balaban J connectivity index is 1.65. The highest BCUT2D eigenvalue weighted by molar-refractivity contribution is 5.79. The molecule has 0 radical (unpaired) electrons. The average molecular weight is 265 g/mol. The van der Waals surface area contributed by atoms with E-state index in [0.717, 1.165) is 11.1 Å². The third-order valence-corrected chi connectivity index (χ3v) is 3.45. The molecule has 2 aromatic rings. The van der Waals surface area contributed by atoms with Crippen LogP contribution in [-0.2, 0) is 13.1 Å². The first kappa shape index (κ1) is 12.6. The van der Waals surface area contributed by atoms with Crippen LogP contribution in [0.2, 0.25) is 0 Å². The van der Waals surface area contributed by atoms with E-state index in [-0.39, 0.29) is 6.03 Å². The maximum absolute atomic E-state index is 12.3. The van der Waals surface area contributed by atoms with E-state index in [1.807, 2.05) is 71.8 Å². The van der Waals surface area contributed by atoms with Crippen LogP contribution in [0.5, 0.6) is 0 Å². The van der Waals surface area contributed by atoms with Crippen LogP contribution in [0.4, 0.5) is 4.79 Å². The second-order valence-electron chi connectivity index (χ2n) is 4.94. The summed E-state index contributed by atoms with van der Waals surface area (Å²) in [6.45, 7) is 1.99. The van der Waals surface area contributed by atoms with Gasteiger partial charge in [-0.25, -0.2) is 4.90 Å². The van der Waals surface area contributed by atoms with E-state index in [2.05, 4.69) is 0 Å². The topological polar surface area (TPSA) is 23.3 Å². The van der Waals surface area contributed by atoms with Crippen LogP contribution >= 0.6 is 0 Å². The van der Waals surface area contributed by atoms with Crippen LogP contribution in [0.25, 0.3) is 0 Å². The number of rotatable bonds is 4. The van der Waals surface area contributed by atoms with Crippen molar-refractivity contribution in [2.24, 2.45) is 0 Å². The number of carbonyl (C=O) groups is 1. The molecule has 100 valence electrons. The molecule has 0 aliphatic carbocycles. The normalized spacial score (nSPS) is 14.5. The van der Waals surface area contributed by atoms with Crippen molar-refractivity contribution in [3.63, 3.8) is 0 Å². The lowest BCUT2D eigenvalue weighted by atomic mass is 10.2. The van der Waals surface area contributed by atoms with E-state index in [0.29, 0.717) is 19.6 Å². The first-order valence-corrected chi connectivity index (χ1v) is 6.79. The van der Waals surface area contributed by atoms with Crippen molar-refractivity contribution in [3.8, 4) is 0 Å². The molecule has 1 aliphatic rings. The van der Waals surface area contributed by atoms with Crippen molar-refractivity contribution < 1.29 is 9.37 Å². The van der Waals surface area contributed by atoms with Crippen LogP contribution in [0, 0.1) is 0 Å². The fourth-order valence-electron chi connectivity index (χ4n) is 2.38. The zero-order valence-corrected chi connectivity index (χ0v) is 11.3. The number of hydrogen-bond acceptors (Lipinski definition) is 1. The summed E-state index contributed by atoms with van der Waals surface area (Å²) >= 11 is 0. The summed E-state index contributed by atoms with van der Waals surface area (Å²) in [5, 5.41) is 0. The van der Waals surface area contributed by atoms with Gasteiger partial charge in [0.25, 0.3) is 0 Å². The minimum Gasteiger partial charge on any atom is -0.214 e. The molecule has 3 heteroatoms. The Morgan fingerprint density at radius 3 is 2.15 bits per heavy atom. The fourth-order valence-corrected chi connectivity index (χ4v) is 2.38. The Labute approximate surface area is 118 Å². The minimum absolute atomic E-state index is 0.0812. The quantitative estimate of drug-likeness (QED) is 0.780. The third-order valence-electron chi connectivity index (χ3n) is 3.45. The minimum atomic E-state index is 0.0812. The summed E-state index contributed by atoms with van der Waals surface area (Å²) in [5.41, 5.74) is 2.31. The first-order valence-electron chi connectivity index (χ1n) is 6.79. The second kappa shape index (κ2) is 5.70. The largest absolute Gasteiger partial charge is 0.493 e. The third kappa shape index (κ3) is 2.77. The van der Waals surface area contributed by atoms with Gasteiger partial charge in [0.1, 0.15) is 25.8 Å². The maximum atomic E-state index is 12.3. The van der Waals surface area contributed by atoms with Crippen LogP contribution in [-0.4, -0.2) is 28.3 Å². The molecule has 1 aliphatic heterocycles. The average Bonchev–Trinajstić information content (AvgIpc) is 2.83. The molecule has 0 N–H and O–H groups in total. The molecule has 0 atom stereocenters. The number of urea groups is 1. The molecule has 0 saturated carbocycles. The molecule has 0 fully saturated rings. The van der Waals surface area contributed by atoms with Gasteiger partial charge in [0, 0.05) is 0 Å². The maximum Gasteiger partial charge on any atom is 0.493 e. The Morgan fingerprint density at radius 2 is 1.50 bits per heavy atom. The molecule has 0 saturated heterocycles. The second-order valence-corrected chi connectivity index (χ2v) is 4.94. The molecule has 3 nitrogen and oxygen atoms in total. The van der Waals surface area contributed by atoms with Gasteiger partial charge >= 0.3 is 6.03 Å². The van der Waals surface area contributed by atoms with Gasteiger partial charge in [-0.15, -0.1) is 0 Å². The van der Waals surface area contributed by atoms with Crippen LogP contribution in [0.15, 0.2) is 60.7 Å². The lowest BCUT2D eigenvalue weighted by molar-refractivity contribution is -0.440. The molecule has 0 bridgehead atoms. The zero-order valence-electron chi connectivity index (χ0n) is 11.3. The highest BCUT2D eigenvalue weighted by atomic mass is 16.2. The summed E-state index contributed by atoms with van der Waals surface area (Å²) in [7, 11) is 0. The van der Waals surface area contributed by atoms with Crippen molar-refractivity contribution in [2.45, 2.75) is 13.1 Å². The number of nitrogens with zero attached hydrogens (tertiary/aromatic N) is 2. The molecule has 3 rings (SSSR count). The highest BCUT2D eigenvalue weighted by Crippen LogP contribution is 2.10. The molecular weight excluding hydrogens is 248 g/mol. The molecular formula is C17H17N2O+. The summed E-state index contributed by atoms with van der Waals surface area (Å²) in [6.07, 6.45) is 1.97. The van der Waals surface area contributed by atoms with E-state index >= 15 is 0 Å². The molecule has 2 aromatic carbocycles. The number of benzene rings is 2. The van der Waals surface area contributed by atoms with Crippen molar-refractivity contribution in [1.29, 1.82) is 0 Å².